The van der Waals surface area contributed by atoms with Crippen LogP contribution in [0.2, 0.25) is 0 Å². The second-order valence-electron chi connectivity index (χ2n) is 4.13. The first-order chi connectivity index (χ1) is 8.02. The van der Waals surface area contributed by atoms with Crippen LogP contribution < -0.4 is 4.90 Å². The van der Waals surface area contributed by atoms with E-state index in [2.05, 4.69) is 6.58 Å². The van der Waals surface area contributed by atoms with Gasteiger partial charge in [-0.25, -0.2) is 4.39 Å². The maximum absolute atomic E-state index is 13.6. The molecule has 0 unspecified atom stereocenters. The lowest BCUT2D eigenvalue weighted by atomic mass is 10.1. The van der Waals surface area contributed by atoms with Crippen molar-refractivity contribution < 1.29 is 14.0 Å². The first kappa shape index (κ1) is 11.5. The van der Waals surface area contributed by atoms with Crippen molar-refractivity contribution in [3.05, 3.63) is 41.7 Å². The van der Waals surface area contributed by atoms with Crippen molar-refractivity contribution in [1.82, 2.24) is 0 Å². The summed E-state index contributed by atoms with van der Waals surface area (Å²) in [6, 6.07) is 4.15. The number of fused-ring (bicyclic) bond motifs is 1. The summed E-state index contributed by atoms with van der Waals surface area (Å²) >= 11 is 0. The molecule has 0 spiro atoms. The van der Waals surface area contributed by atoms with Crippen molar-refractivity contribution in [2.75, 3.05) is 11.4 Å². The number of halogens is 1. The van der Waals surface area contributed by atoms with Crippen LogP contribution in [-0.2, 0) is 4.79 Å². The molecule has 0 radical (unpaired) electrons. The van der Waals surface area contributed by atoms with Gasteiger partial charge in [-0.3, -0.25) is 9.59 Å². The van der Waals surface area contributed by atoms with Gasteiger partial charge in [0.15, 0.2) is 0 Å². The maximum atomic E-state index is 13.6. The highest BCUT2D eigenvalue weighted by atomic mass is 19.1. The fourth-order valence-electron chi connectivity index (χ4n) is 1.83. The zero-order valence-electron chi connectivity index (χ0n) is 9.50. The molecule has 17 heavy (non-hydrogen) atoms. The van der Waals surface area contributed by atoms with Crippen LogP contribution >= 0.6 is 0 Å². The monoisotopic (exact) mass is 233 g/mol. The number of hydrogen-bond acceptors (Lipinski definition) is 2. The number of para-hydroxylation sites is 1. The molecule has 0 fully saturated rings. The minimum Gasteiger partial charge on any atom is -0.302 e. The number of hydrogen-bond donors (Lipinski definition) is 0. The molecule has 1 aliphatic rings. The molecule has 0 atom stereocenters. The molecule has 3 nitrogen and oxygen atoms in total. The van der Waals surface area contributed by atoms with E-state index in [1.165, 1.54) is 23.1 Å². The van der Waals surface area contributed by atoms with E-state index < -0.39 is 17.5 Å². The van der Waals surface area contributed by atoms with Gasteiger partial charge in [-0.15, -0.1) is 6.58 Å². The smallest absolute Gasteiger partial charge is 0.299 e. The second-order valence-corrected chi connectivity index (χ2v) is 4.13. The first-order valence-electron chi connectivity index (χ1n) is 5.31. The molecule has 0 bridgehead atoms. The third kappa shape index (κ3) is 1.86. The van der Waals surface area contributed by atoms with Gasteiger partial charge in [0.25, 0.3) is 11.7 Å². The summed E-state index contributed by atoms with van der Waals surface area (Å²) in [5.74, 6) is -1.84. The van der Waals surface area contributed by atoms with E-state index in [9.17, 15) is 14.0 Å². The van der Waals surface area contributed by atoms with E-state index in [0.29, 0.717) is 6.42 Å². The van der Waals surface area contributed by atoms with Crippen LogP contribution in [-0.4, -0.2) is 18.2 Å². The van der Waals surface area contributed by atoms with Crippen molar-refractivity contribution >= 4 is 17.4 Å². The Labute approximate surface area is 98.5 Å². The van der Waals surface area contributed by atoms with Crippen LogP contribution in [0.15, 0.2) is 30.4 Å². The lowest BCUT2D eigenvalue weighted by Crippen LogP contribution is -2.31. The Morgan fingerprint density at radius 2 is 2.12 bits per heavy atom. The van der Waals surface area contributed by atoms with Crippen molar-refractivity contribution in [2.24, 2.45) is 0 Å². The van der Waals surface area contributed by atoms with Gasteiger partial charge in [-0.2, -0.15) is 0 Å². The fourth-order valence-corrected chi connectivity index (χ4v) is 1.83. The highest BCUT2D eigenvalue weighted by molar-refractivity contribution is 6.52. The van der Waals surface area contributed by atoms with Crippen molar-refractivity contribution in [1.29, 1.82) is 0 Å². The average Bonchev–Trinajstić information content (AvgIpc) is 2.52. The van der Waals surface area contributed by atoms with Gasteiger partial charge in [0.05, 0.1) is 11.3 Å². The van der Waals surface area contributed by atoms with Gasteiger partial charge in [0.2, 0.25) is 0 Å². The SMILES string of the molecule is C=C(C)CCN1C(=O)C(=O)c2cccc(F)c21. The van der Waals surface area contributed by atoms with E-state index in [-0.39, 0.29) is 17.8 Å². The molecule has 4 heteroatoms. The summed E-state index contributed by atoms with van der Waals surface area (Å²) in [4.78, 5) is 24.5. The van der Waals surface area contributed by atoms with Crippen LogP contribution in [0.5, 0.6) is 0 Å². The number of nitrogens with zero attached hydrogens (tertiary/aromatic N) is 1. The van der Waals surface area contributed by atoms with E-state index >= 15 is 0 Å². The average molecular weight is 233 g/mol. The number of benzene rings is 1. The van der Waals surface area contributed by atoms with Crippen molar-refractivity contribution in [3.63, 3.8) is 0 Å². The molecular formula is C13H12FNO2. The lowest BCUT2D eigenvalue weighted by Gasteiger charge is -2.16. The zero-order valence-corrected chi connectivity index (χ0v) is 9.50. The molecule has 0 aliphatic carbocycles. The van der Waals surface area contributed by atoms with Gasteiger partial charge >= 0.3 is 0 Å². The van der Waals surface area contributed by atoms with Crippen LogP contribution in [0.4, 0.5) is 10.1 Å². The highest BCUT2D eigenvalue weighted by Crippen LogP contribution is 2.31. The quantitative estimate of drug-likeness (QED) is 0.593. The van der Waals surface area contributed by atoms with Gasteiger partial charge < -0.3 is 4.90 Å². The van der Waals surface area contributed by atoms with E-state index in [1.54, 1.807) is 0 Å². The van der Waals surface area contributed by atoms with Gasteiger partial charge in [-0.1, -0.05) is 11.6 Å². The normalized spacial score (nSPS) is 14.1. The maximum Gasteiger partial charge on any atom is 0.299 e. The molecule has 1 aliphatic heterocycles. The Kier molecular flexibility index (Phi) is 2.79. The topological polar surface area (TPSA) is 37.4 Å². The predicted octanol–water partition coefficient (Wildman–Crippen LogP) is 2.32. The Hall–Kier alpha value is -1.97. The summed E-state index contributed by atoms with van der Waals surface area (Å²) in [7, 11) is 0. The third-order valence-corrected chi connectivity index (χ3v) is 2.70. The summed E-state index contributed by atoms with van der Waals surface area (Å²) in [6.07, 6.45) is 0.548. The second kappa shape index (κ2) is 4.13. The van der Waals surface area contributed by atoms with Gasteiger partial charge in [-0.05, 0) is 25.5 Å². The van der Waals surface area contributed by atoms with E-state index in [1.807, 2.05) is 6.92 Å². The Morgan fingerprint density at radius 3 is 2.76 bits per heavy atom. The number of carbonyl (C=O) groups is 2. The molecule has 1 heterocycles. The van der Waals surface area contributed by atoms with Crippen LogP contribution in [0.25, 0.3) is 0 Å². The molecule has 0 saturated carbocycles. The molecule has 2 rings (SSSR count). The molecule has 88 valence electrons. The summed E-state index contributed by atoms with van der Waals surface area (Å²) in [5.41, 5.74) is 1.13. The zero-order chi connectivity index (χ0) is 12.6. The molecule has 1 aromatic carbocycles. The third-order valence-electron chi connectivity index (χ3n) is 2.70. The number of Topliss-reactive ketones (excluding diaryl/α,β-unsaturated/α-hetero) is 1. The first-order valence-corrected chi connectivity index (χ1v) is 5.31. The van der Waals surface area contributed by atoms with Crippen LogP contribution in [0.1, 0.15) is 23.7 Å². The lowest BCUT2D eigenvalue weighted by molar-refractivity contribution is -0.114. The minimum absolute atomic E-state index is 0.101. The molecule has 0 N–H and O–H groups in total. The number of anilines is 1. The summed E-state index contributed by atoms with van der Waals surface area (Å²) in [6.45, 7) is 5.83. The highest BCUT2D eigenvalue weighted by Gasteiger charge is 2.37. The molecular weight excluding hydrogens is 221 g/mol. The summed E-state index contributed by atoms with van der Waals surface area (Å²) < 4.78 is 13.6. The number of rotatable bonds is 3. The standard InChI is InChI=1S/C13H12FNO2/c1-8(2)6-7-15-11-9(12(16)13(15)17)4-3-5-10(11)14/h3-5H,1,6-7H2,2H3. The molecule has 1 amide bonds. The van der Waals surface area contributed by atoms with Crippen LogP contribution in [0, 0.1) is 5.82 Å². The van der Waals surface area contributed by atoms with E-state index in [4.69, 9.17) is 0 Å². The fraction of sp³-hybridized carbons (Fsp3) is 0.231. The van der Waals surface area contributed by atoms with Crippen molar-refractivity contribution in [3.8, 4) is 0 Å². The Balaban J connectivity index is 2.40. The molecule has 0 aromatic heterocycles. The number of carbonyl (C=O) groups excluding carboxylic acids is 2. The number of amides is 1. The molecule has 0 saturated heterocycles. The van der Waals surface area contributed by atoms with Crippen LogP contribution in [0.3, 0.4) is 0 Å². The Morgan fingerprint density at radius 1 is 1.41 bits per heavy atom. The molecule has 1 aromatic rings. The largest absolute Gasteiger partial charge is 0.302 e. The predicted molar refractivity (Wildman–Crippen MR) is 62.5 cm³/mol. The summed E-state index contributed by atoms with van der Waals surface area (Å²) in [5, 5.41) is 0. The van der Waals surface area contributed by atoms with Gasteiger partial charge in [0, 0.05) is 6.54 Å². The number of ketones is 1. The van der Waals surface area contributed by atoms with Crippen molar-refractivity contribution in [2.45, 2.75) is 13.3 Å². The van der Waals surface area contributed by atoms with Gasteiger partial charge in [0.1, 0.15) is 5.82 Å². The Bertz CT molecular complexity index is 522. The van der Waals surface area contributed by atoms with E-state index in [0.717, 1.165) is 5.57 Å². The minimum atomic E-state index is -0.661.